The number of nitrogens with zero attached hydrogens (tertiary/aromatic N) is 1. The van der Waals surface area contributed by atoms with Crippen molar-refractivity contribution in [1.29, 1.82) is 0 Å². The van der Waals surface area contributed by atoms with E-state index >= 15 is 0 Å². The summed E-state index contributed by atoms with van der Waals surface area (Å²) in [6, 6.07) is 3.68. The molecule has 1 aromatic rings. The highest BCUT2D eigenvalue weighted by Gasteiger charge is 2.14. The maximum Gasteiger partial charge on any atom is 0.315 e. The van der Waals surface area contributed by atoms with Crippen molar-refractivity contribution in [3.63, 3.8) is 0 Å². The lowest BCUT2D eigenvalue weighted by Gasteiger charge is -2.16. The van der Waals surface area contributed by atoms with Gasteiger partial charge in [-0.1, -0.05) is 13.0 Å². The van der Waals surface area contributed by atoms with E-state index in [0.29, 0.717) is 17.8 Å². The predicted octanol–water partition coefficient (Wildman–Crippen LogP) is 1.61. The molecule has 0 unspecified atom stereocenters. The van der Waals surface area contributed by atoms with Gasteiger partial charge in [0.05, 0.1) is 5.69 Å². The Kier molecular flexibility index (Phi) is 7.31. The van der Waals surface area contributed by atoms with Crippen LogP contribution in [0, 0.1) is 5.82 Å². The molecule has 1 atom stereocenters. The van der Waals surface area contributed by atoms with Crippen LogP contribution in [0.2, 0.25) is 0 Å². The van der Waals surface area contributed by atoms with Gasteiger partial charge >= 0.3 is 6.03 Å². The molecule has 3 N–H and O–H groups in total. The van der Waals surface area contributed by atoms with Crippen LogP contribution < -0.4 is 20.9 Å². The molecule has 3 amide bonds. The first-order valence-corrected chi connectivity index (χ1v) is 7.63. The minimum atomic E-state index is -0.630. The molecule has 0 aliphatic rings. The zero-order chi connectivity index (χ0) is 17.4. The minimum absolute atomic E-state index is 0.180. The quantitative estimate of drug-likeness (QED) is 0.713. The van der Waals surface area contributed by atoms with Gasteiger partial charge in [0.1, 0.15) is 11.9 Å². The Morgan fingerprint density at radius 1 is 1.26 bits per heavy atom. The summed E-state index contributed by atoms with van der Waals surface area (Å²) in [5, 5.41) is 7.85. The molecule has 1 rings (SSSR count). The Morgan fingerprint density at radius 3 is 2.52 bits per heavy atom. The molecule has 0 aromatic heterocycles. The molecule has 0 fully saturated rings. The van der Waals surface area contributed by atoms with Gasteiger partial charge in [0.25, 0.3) is 0 Å². The third-order valence-electron chi connectivity index (χ3n) is 3.24. The number of hydrogen-bond acceptors (Lipinski definition) is 3. The molecule has 0 aliphatic heterocycles. The molecule has 1 aromatic carbocycles. The molecule has 0 spiro atoms. The van der Waals surface area contributed by atoms with Crippen LogP contribution in [0.25, 0.3) is 0 Å². The molecule has 0 radical (unpaired) electrons. The number of halogens is 1. The third kappa shape index (κ3) is 6.14. The highest BCUT2D eigenvalue weighted by atomic mass is 19.1. The molecule has 7 heteroatoms. The average molecular weight is 324 g/mol. The summed E-state index contributed by atoms with van der Waals surface area (Å²) in [6.07, 6.45) is 0.833. The standard InChI is InChI=1S/C16H25FN4O2/c1-5-8-18-15(22)11(2)20-16(23)19-10-12-6-7-14(21(3)4)13(17)9-12/h6-7,9,11H,5,8,10H2,1-4H3,(H,18,22)(H2,19,20,23)/t11-/m0/s1. The van der Waals surface area contributed by atoms with Gasteiger partial charge in [-0.3, -0.25) is 4.79 Å². The fourth-order valence-corrected chi connectivity index (χ4v) is 1.92. The lowest BCUT2D eigenvalue weighted by Crippen LogP contribution is -2.48. The molecule has 6 nitrogen and oxygen atoms in total. The Morgan fingerprint density at radius 2 is 1.96 bits per heavy atom. The van der Waals surface area contributed by atoms with Crippen LogP contribution in [0.1, 0.15) is 25.8 Å². The molecule has 23 heavy (non-hydrogen) atoms. The van der Waals surface area contributed by atoms with Crippen LogP contribution in [0.5, 0.6) is 0 Å². The van der Waals surface area contributed by atoms with Gasteiger partial charge in [-0.25, -0.2) is 9.18 Å². The zero-order valence-corrected chi connectivity index (χ0v) is 14.1. The summed E-state index contributed by atoms with van der Waals surface area (Å²) < 4.78 is 13.8. The van der Waals surface area contributed by atoms with E-state index in [1.807, 2.05) is 6.92 Å². The van der Waals surface area contributed by atoms with E-state index in [1.54, 1.807) is 38.1 Å². The number of amides is 3. The number of anilines is 1. The molecule has 0 saturated carbocycles. The van der Waals surface area contributed by atoms with E-state index in [1.165, 1.54) is 6.07 Å². The lowest BCUT2D eigenvalue weighted by atomic mass is 10.2. The molecular weight excluding hydrogens is 299 g/mol. The number of hydrogen-bond donors (Lipinski definition) is 3. The Balaban J connectivity index is 2.47. The molecule has 0 saturated heterocycles. The number of carbonyl (C=O) groups excluding carboxylic acids is 2. The molecule has 0 heterocycles. The topological polar surface area (TPSA) is 73.5 Å². The highest BCUT2D eigenvalue weighted by molar-refractivity contribution is 5.86. The van der Waals surface area contributed by atoms with Gasteiger partial charge < -0.3 is 20.9 Å². The fraction of sp³-hybridized carbons (Fsp3) is 0.500. The first kappa shape index (κ1) is 18.7. The monoisotopic (exact) mass is 324 g/mol. The number of carbonyl (C=O) groups is 2. The Hall–Kier alpha value is -2.31. The second-order valence-corrected chi connectivity index (χ2v) is 5.52. The second kappa shape index (κ2) is 8.97. The van der Waals surface area contributed by atoms with Crippen LogP contribution in [0.4, 0.5) is 14.9 Å². The minimum Gasteiger partial charge on any atom is -0.375 e. The smallest absolute Gasteiger partial charge is 0.315 e. The molecule has 0 bridgehead atoms. The van der Waals surface area contributed by atoms with Crippen molar-refractivity contribution in [1.82, 2.24) is 16.0 Å². The van der Waals surface area contributed by atoms with Crippen LogP contribution >= 0.6 is 0 Å². The number of urea groups is 1. The van der Waals surface area contributed by atoms with Crippen molar-refractivity contribution in [2.24, 2.45) is 0 Å². The van der Waals surface area contributed by atoms with Crippen molar-refractivity contribution < 1.29 is 14.0 Å². The Labute approximate surface area is 136 Å². The van der Waals surface area contributed by atoms with E-state index in [9.17, 15) is 14.0 Å². The zero-order valence-electron chi connectivity index (χ0n) is 14.1. The van der Waals surface area contributed by atoms with Crippen molar-refractivity contribution in [2.45, 2.75) is 32.9 Å². The number of rotatable bonds is 7. The maximum atomic E-state index is 13.8. The summed E-state index contributed by atoms with van der Waals surface area (Å²) in [5.41, 5.74) is 1.13. The van der Waals surface area contributed by atoms with Crippen molar-refractivity contribution in [3.8, 4) is 0 Å². The van der Waals surface area contributed by atoms with E-state index in [0.717, 1.165) is 6.42 Å². The Bertz CT molecular complexity index is 549. The van der Waals surface area contributed by atoms with E-state index < -0.39 is 12.1 Å². The van der Waals surface area contributed by atoms with Crippen LogP contribution in [-0.2, 0) is 11.3 Å². The summed E-state index contributed by atoms with van der Waals surface area (Å²) in [5.74, 6) is -0.578. The summed E-state index contributed by atoms with van der Waals surface area (Å²) in [6.45, 7) is 4.31. The summed E-state index contributed by atoms with van der Waals surface area (Å²) in [7, 11) is 3.52. The number of benzene rings is 1. The lowest BCUT2D eigenvalue weighted by molar-refractivity contribution is -0.122. The van der Waals surface area contributed by atoms with Crippen molar-refractivity contribution >= 4 is 17.6 Å². The summed E-state index contributed by atoms with van der Waals surface area (Å²) in [4.78, 5) is 25.1. The van der Waals surface area contributed by atoms with Crippen molar-refractivity contribution in [2.75, 3.05) is 25.5 Å². The van der Waals surface area contributed by atoms with Crippen LogP contribution in [0.15, 0.2) is 18.2 Å². The van der Waals surface area contributed by atoms with Gasteiger partial charge in [-0.2, -0.15) is 0 Å². The van der Waals surface area contributed by atoms with Gasteiger partial charge in [-0.15, -0.1) is 0 Å². The average Bonchev–Trinajstić information content (AvgIpc) is 2.50. The largest absolute Gasteiger partial charge is 0.375 e. The predicted molar refractivity (Wildman–Crippen MR) is 88.9 cm³/mol. The third-order valence-corrected chi connectivity index (χ3v) is 3.24. The van der Waals surface area contributed by atoms with Gasteiger partial charge in [0.2, 0.25) is 5.91 Å². The van der Waals surface area contributed by atoms with Gasteiger partial charge in [0.15, 0.2) is 0 Å². The first-order valence-electron chi connectivity index (χ1n) is 7.63. The van der Waals surface area contributed by atoms with Gasteiger partial charge in [0, 0.05) is 27.2 Å². The first-order chi connectivity index (χ1) is 10.8. The van der Waals surface area contributed by atoms with E-state index in [4.69, 9.17) is 0 Å². The van der Waals surface area contributed by atoms with Gasteiger partial charge in [-0.05, 0) is 31.0 Å². The molecule has 0 aliphatic carbocycles. The second-order valence-electron chi connectivity index (χ2n) is 5.52. The van der Waals surface area contributed by atoms with E-state index in [-0.39, 0.29) is 18.3 Å². The highest BCUT2D eigenvalue weighted by Crippen LogP contribution is 2.18. The maximum absolute atomic E-state index is 13.8. The van der Waals surface area contributed by atoms with Crippen molar-refractivity contribution in [3.05, 3.63) is 29.6 Å². The van der Waals surface area contributed by atoms with Crippen LogP contribution in [-0.4, -0.2) is 38.6 Å². The molecule has 128 valence electrons. The van der Waals surface area contributed by atoms with Crippen LogP contribution in [0.3, 0.4) is 0 Å². The van der Waals surface area contributed by atoms with E-state index in [2.05, 4.69) is 16.0 Å². The number of nitrogens with one attached hydrogen (secondary N) is 3. The fourth-order valence-electron chi connectivity index (χ4n) is 1.92. The SMILES string of the molecule is CCCNC(=O)[C@H](C)NC(=O)NCc1ccc(N(C)C)c(F)c1. The normalized spacial score (nSPS) is 11.5. The summed E-state index contributed by atoms with van der Waals surface area (Å²) >= 11 is 0. The molecular formula is C16H25FN4O2.